The van der Waals surface area contributed by atoms with Crippen LogP contribution >= 0.6 is 0 Å². The molecule has 3 N–H and O–H groups in total. The summed E-state index contributed by atoms with van der Waals surface area (Å²) in [6, 6.07) is 11.9. The predicted molar refractivity (Wildman–Crippen MR) is 79.3 cm³/mol. The fourth-order valence-electron chi connectivity index (χ4n) is 2.33. The van der Waals surface area contributed by atoms with Gasteiger partial charge in [0.15, 0.2) is 11.5 Å². The van der Waals surface area contributed by atoms with E-state index >= 15 is 0 Å². The Hall–Kier alpha value is -2.27. The maximum atomic E-state index is 13.2. The quantitative estimate of drug-likeness (QED) is 0.908. The number of halogens is 1. The minimum absolute atomic E-state index is 0.123. The van der Waals surface area contributed by atoms with Crippen molar-refractivity contribution in [1.29, 1.82) is 0 Å². The zero-order valence-electron chi connectivity index (χ0n) is 11.5. The highest BCUT2D eigenvalue weighted by Gasteiger charge is 2.16. The highest BCUT2D eigenvalue weighted by Crippen LogP contribution is 2.33. The molecule has 0 saturated heterocycles. The SMILES string of the molecule is NCC(Nc1cccc(F)c1)c1ccc2c(c1)OCCO2. The van der Waals surface area contributed by atoms with Crippen molar-refractivity contribution in [3.8, 4) is 11.5 Å². The van der Waals surface area contributed by atoms with E-state index in [-0.39, 0.29) is 11.9 Å². The van der Waals surface area contributed by atoms with Gasteiger partial charge in [-0.25, -0.2) is 4.39 Å². The number of hydrogen-bond donors (Lipinski definition) is 2. The van der Waals surface area contributed by atoms with Gasteiger partial charge in [0.1, 0.15) is 19.0 Å². The predicted octanol–water partition coefficient (Wildman–Crippen LogP) is 2.71. The van der Waals surface area contributed by atoms with E-state index < -0.39 is 0 Å². The van der Waals surface area contributed by atoms with Crippen molar-refractivity contribution >= 4 is 5.69 Å². The Bertz CT molecular complexity index is 633. The number of benzene rings is 2. The molecule has 0 fully saturated rings. The number of anilines is 1. The first-order valence-corrected chi connectivity index (χ1v) is 6.88. The molecule has 1 aliphatic heterocycles. The number of fused-ring (bicyclic) bond motifs is 1. The molecule has 0 bridgehead atoms. The van der Waals surface area contributed by atoms with Gasteiger partial charge >= 0.3 is 0 Å². The molecule has 1 aliphatic rings. The fourth-order valence-corrected chi connectivity index (χ4v) is 2.33. The van der Waals surface area contributed by atoms with E-state index in [0.717, 1.165) is 17.1 Å². The second kappa shape index (κ2) is 6.01. The number of ether oxygens (including phenoxy) is 2. The minimum Gasteiger partial charge on any atom is -0.486 e. The molecule has 0 aromatic heterocycles. The van der Waals surface area contributed by atoms with Gasteiger partial charge in [0.2, 0.25) is 0 Å². The molecule has 1 heterocycles. The van der Waals surface area contributed by atoms with Crippen molar-refractivity contribution in [1.82, 2.24) is 0 Å². The van der Waals surface area contributed by atoms with Gasteiger partial charge in [0, 0.05) is 12.2 Å². The average molecular weight is 288 g/mol. The molecule has 0 saturated carbocycles. The summed E-state index contributed by atoms with van der Waals surface area (Å²) in [5, 5.41) is 3.23. The van der Waals surface area contributed by atoms with Crippen LogP contribution in [0.5, 0.6) is 11.5 Å². The summed E-state index contributed by atoms with van der Waals surface area (Å²) in [5.74, 6) is 1.18. The summed E-state index contributed by atoms with van der Waals surface area (Å²) in [4.78, 5) is 0. The van der Waals surface area contributed by atoms with Crippen LogP contribution in [0.4, 0.5) is 10.1 Å². The van der Waals surface area contributed by atoms with Crippen LogP contribution in [0.1, 0.15) is 11.6 Å². The van der Waals surface area contributed by atoms with Gasteiger partial charge in [0.05, 0.1) is 6.04 Å². The van der Waals surface area contributed by atoms with E-state index in [0.29, 0.717) is 25.4 Å². The second-order valence-corrected chi connectivity index (χ2v) is 4.85. The van der Waals surface area contributed by atoms with Crippen molar-refractivity contribution in [2.45, 2.75) is 6.04 Å². The van der Waals surface area contributed by atoms with E-state index in [1.165, 1.54) is 12.1 Å². The van der Waals surface area contributed by atoms with Gasteiger partial charge in [0.25, 0.3) is 0 Å². The van der Waals surface area contributed by atoms with Crippen LogP contribution in [0.2, 0.25) is 0 Å². The maximum absolute atomic E-state index is 13.2. The third-order valence-electron chi connectivity index (χ3n) is 3.37. The van der Waals surface area contributed by atoms with E-state index in [1.54, 1.807) is 6.07 Å². The number of nitrogens with two attached hydrogens (primary N) is 1. The van der Waals surface area contributed by atoms with Crippen LogP contribution in [-0.2, 0) is 0 Å². The molecule has 0 aliphatic carbocycles. The Morgan fingerprint density at radius 3 is 2.67 bits per heavy atom. The van der Waals surface area contributed by atoms with Crippen LogP contribution in [0, 0.1) is 5.82 Å². The lowest BCUT2D eigenvalue weighted by atomic mass is 10.1. The van der Waals surface area contributed by atoms with Gasteiger partial charge in [-0.15, -0.1) is 0 Å². The van der Waals surface area contributed by atoms with Gasteiger partial charge in [-0.1, -0.05) is 12.1 Å². The molecular weight excluding hydrogens is 271 g/mol. The van der Waals surface area contributed by atoms with Crippen molar-refractivity contribution in [3.05, 3.63) is 53.8 Å². The van der Waals surface area contributed by atoms with Crippen LogP contribution in [0.25, 0.3) is 0 Å². The zero-order chi connectivity index (χ0) is 14.7. The molecule has 1 atom stereocenters. The zero-order valence-corrected chi connectivity index (χ0v) is 11.5. The first kappa shape index (κ1) is 13.7. The van der Waals surface area contributed by atoms with Crippen molar-refractivity contribution < 1.29 is 13.9 Å². The highest BCUT2D eigenvalue weighted by atomic mass is 19.1. The Morgan fingerprint density at radius 2 is 1.90 bits per heavy atom. The van der Waals surface area contributed by atoms with Gasteiger partial charge in [-0.05, 0) is 35.9 Å². The van der Waals surface area contributed by atoms with Crippen LogP contribution in [0.3, 0.4) is 0 Å². The number of rotatable bonds is 4. The molecule has 4 nitrogen and oxygen atoms in total. The van der Waals surface area contributed by atoms with Crippen molar-refractivity contribution in [3.63, 3.8) is 0 Å². The highest BCUT2D eigenvalue weighted by molar-refractivity contribution is 5.49. The molecule has 0 amide bonds. The van der Waals surface area contributed by atoms with Crippen molar-refractivity contribution in [2.24, 2.45) is 5.73 Å². The summed E-state index contributed by atoms with van der Waals surface area (Å²) in [7, 11) is 0. The maximum Gasteiger partial charge on any atom is 0.161 e. The van der Waals surface area contributed by atoms with Gasteiger partial charge in [-0.3, -0.25) is 0 Å². The molecular formula is C16H17FN2O2. The molecule has 1 unspecified atom stereocenters. The fraction of sp³-hybridized carbons (Fsp3) is 0.250. The number of nitrogens with one attached hydrogen (secondary N) is 1. The third-order valence-corrected chi connectivity index (χ3v) is 3.37. The average Bonchev–Trinajstić information content (AvgIpc) is 2.52. The Morgan fingerprint density at radius 1 is 1.10 bits per heavy atom. The Balaban J connectivity index is 1.82. The van der Waals surface area contributed by atoms with E-state index in [9.17, 15) is 4.39 Å². The van der Waals surface area contributed by atoms with Crippen molar-refractivity contribution in [2.75, 3.05) is 25.1 Å². The molecule has 0 spiro atoms. The second-order valence-electron chi connectivity index (χ2n) is 4.85. The Labute approximate surface area is 122 Å². The van der Waals surface area contributed by atoms with Gasteiger partial charge in [-0.2, -0.15) is 0 Å². The molecule has 21 heavy (non-hydrogen) atoms. The van der Waals surface area contributed by atoms with Gasteiger partial charge < -0.3 is 20.5 Å². The standard InChI is InChI=1S/C16H17FN2O2/c17-12-2-1-3-13(9-12)19-14(10-18)11-4-5-15-16(8-11)21-7-6-20-15/h1-5,8-9,14,19H,6-7,10,18H2. The normalized spacial score (nSPS) is 14.6. The first-order valence-electron chi connectivity index (χ1n) is 6.88. The van der Waals surface area contributed by atoms with E-state index in [4.69, 9.17) is 15.2 Å². The summed E-state index contributed by atoms with van der Waals surface area (Å²) >= 11 is 0. The van der Waals surface area contributed by atoms with Crippen LogP contribution < -0.4 is 20.5 Å². The lowest BCUT2D eigenvalue weighted by Gasteiger charge is -2.23. The monoisotopic (exact) mass is 288 g/mol. The Kier molecular flexibility index (Phi) is 3.92. The molecule has 0 radical (unpaired) electrons. The molecule has 110 valence electrons. The first-order chi connectivity index (χ1) is 10.3. The summed E-state index contributed by atoms with van der Waals surface area (Å²) in [6.45, 7) is 1.49. The molecule has 3 rings (SSSR count). The number of hydrogen-bond acceptors (Lipinski definition) is 4. The lowest BCUT2D eigenvalue weighted by Crippen LogP contribution is -2.21. The van der Waals surface area contributed by atoms with Crippen LogP contribution in [0.15, 0.2) is 42.5 Å². The lowest BCUT2D eigenvalue weighted by molar-refractivity contribution is 0.171. The van der Waals surface area contributed by atoms with E-state index in [2.05, 4.69) is 5.32 Å². The van der Waals surface area contributed by atoms with Crippen LogP contribution in [-0.4, -0.2) is 19.8 Å². The molecule has 2 aromatic rings. The molecule has 5 heteroatoms. The minimum atomic E-state index is -0.280. The molecule has 2 aromatic carbocycles. The topological polar surface area (TPSA) is 56.5 Å². The summed E-state index contributed by atoms with van der Waals surface area (Å²) in [5.41, 5.74) is 7.51. The smallest absolute Gasteiger partial charge is 0.161 e. The summed E-state index contributed by atoms with van der Waals surface area (Å²) < 4.78 is 24.3. The summed E-state index contributed by atoms with van der Waals surface area (Å²) in [6.07, 6.45) is 0. The third kappa shape index (κ3) is 3.08. The largest absolute Gasteiger partial charge is 0.486 e. The van der Waals surface area contributed by atoms with E-state index in [1.807, 2.05) is 24.3 Å².